The molecule has 1 aromatic carbocycles. The van der Waals surface area contributed by atoms with Crippen LogP contribution in [-0.2, 0) is 0 Å². The number of nitro groups is 1. The number of nitrogens with zero attached hydrogens (tertiary/aromatic N) is 2. The smallest absolute Gasteiger partial charge is 0.273 e. The molecule has 4 rings (SSSR count). The predicted octanol–water partition coefficient (Wildman–Crippen LogP) is 1.50. The first kappa shape index (κ1) is 13.1. The van der Waals surface area contributed by atoms with Crippen LogP contribution < -0.4 is 5.73 Å². The van der Waals surface area contributed by atoms with E-state index < -0.39 is 10.8 Å². The molecular formula is C14H17N3O3. The van der Waals surface area contributed by atoms with E-state index in [1.807, 2.05) is 0 Å². The number of hydrogen-bond donors (Lipinski definition) is 1. The molecule has 6 heteroatoms. The summed E-state index contributed by atoms with van der Waals surface area (Å²) < 4.78 is 0. The van der Waals surface area contributed by atoms with Gasteiger partial charge in [0.1, 0.15) is 0 Å². The second-order valence-corrected chi connectivity index (χ2v) is 5.60. The molecule has 6 nitrogen and oxygen atoms in total. The largest absolute Gasteiger partial charge is 0.366 e. The number of carbonyl (C=O) groups is 1. The summed E-state index contributed by atoms with van der Waals surface area (Å²) in [6.45, 7) is 2.89. The quantitative estimate of drug-likeness (QED) is 0.668. The van der Waals surface area contributed by atoms with Crippen molar-refractivity contribution in [3.8, 4) is 0 Å². The second kappa shape index (κ2) is 4.86. The summed E-state index contributed by atoms with van der Waals surface area (Å²) in [6, 6.07) is 4.60. The normalized spacial score (nSPS) is 28.3. The fourth-order valence-corrected chi connectivity index (χ4v) is 3.61. The molecule has 3 heterocycles. The highest BCUT2D eigenvalue weighted by Gasteiger charge is 2.39. The molecule has 1 atom stereocenters. The van der Waals surface area contributed by atoms with Gasteiger partial charge in [0, 0.05) is 29.7 Å². The topological polar surface area (TPSA) is 89.5 Å². The second-order valence-electron chi connectivity index (χ2n) is 5.60. The van der Waals surface area contributed by atoms with Gasteiger partial charge in [-0.2, -0.15) is 0 Å². The first-order chi connectivity index (χ1) is 9.58. The number of primary amides is 1. The molecular weight excluding hydrogens is 258 g/mol. The van der Waals surface area contributed by atoms with Crippen LogP contribution in [0.2, 0.25) is 0 Å². The van der Waals surface area contributed by atoms with Crippen molar-refractivity contribution in [2.24, 2.45) is 11.7 Å². The van der Waals surface area contributed by atoms with Crippen LogP contribution in [0.5, 0.6) is 0 Å². The van der Waals surface area contributed by atoms with Gasteiger partial charge >= 0.3 is 0 Å². The fraction of sp³-hybridized carbons (Fsp3) is 0.500. The van der Waals surface area contributed by atoms with Gasteiger partial charge in [0.05, 0.1) is 4.92 Å². The minimum absolute atomic E-state index is 0.0278. The maximum absolute atomic E-state index is 11.6. The molecule has 0 aliphatic carbocycles. The Morgan fingerprint density at radius 2 is 2.05 bits per heavy atom. The molecule has 2 bridgehead atoms. The Morgan fingerprint density at radius 3 is 2.55 bits per heavy atom. The molecule has 3 saturated heterocycles. The van der Waals surface area contributed by atoms with Crippen molar-refractivity contribution in [1.29, 1.82) is 0 Å². The lowest BCUT2D eigenvalue weighted by molar-refractivity contribution is -0.385. The molecule has 3 fully saturated rings. The van der Waals surface area contributed by atoms with Gasteiger partial charge in [0.25, 0.3) is 5.69 Å². The maximum Gasteiger partial charge on any atom is 0.273 e. The SMILES string of the molecule is NC(=O)c1cccc([N+](=O)[O-])c1C1CN2CCC1CC2. The van der Waals surface area contributed by atoms with Crippen molar-refractivity contribution in [3.63, 3.8) is 0 Å². The van der Waals surface area contributed by atoms with Crippen molar-refractivity contribution in [1.82, 2.24) is 4.90 Å². The molecule has 20 heavy (non-hydrogen) atoms. The van der Waals surface area contributed by atoms with Crippen molar-refractivity contribution in [2.75, 3.05) is 19.6 Å². The first-order valence-corrected chi connectivity index (χ1v) is 6.87. The predicted molar refractivity (Wildman–Crippen MR) is 73.5 cm³/mol. The highest BCUT2D eigenvalue weighted by atomic mass is 16.6. The zero-order chi connectivity index (χ0) is 14.3. The fourth-order valence-electron chi connectivity index (χ4n) is 3.61. The van der Waals surface area contributed by atoms with Crippen molar-refractivity contribution in [2.45, 2.75) is 18.8 Å². The van der Waals surface area contributed by atoms with Gasteiger partial charge in [-0.15, -0.1) is 0 Å². The van der Waals surface area contributed by atoms with E-state index in [2.05, 4.69) is 4.90 Å². The van der Waals surface area contributed by atoms with Gasteiger partial charge < -0.3 is 10.6 Å². The number of hydrogen-bond acceptors (Lipinski definition) is 4. The highest BCUT2D eigenvalue weighted by Crippen LogP contribution is 2.43. The maximum atomic E-state index is 11.6. The standard InChI is InChI=1S/C14H17N3O3/c15-14(18)10-2-1-3-12(17(19)20)13(10)11-8-16-6-4-9(11)5-7-16/h1-3,9,11H,4-8H2,(H2,15,18). The lowest BCUT2D eigenvalue weighted by Crippen LogP contribution is -2.46. The van der Waals surface area contributed by atoms with Gasteiger partial charge in [-0.3, -0.25) is 14.9 Å². The van der Waals surface area contributed by atoms with E-state index in [-0.39, 0.29) is 11.6 Å². The van der Waals surface area contributed by atoms with Crippen molar-refractivity contribution < 1.29 is 9.72 Å². The Kier molecular flexibility index (Phi) is 3.17. The molecule has 2 N–H and O–H groups in total. The van der Waals surface area contributed by atoms with Gasteiger partial charge in [-0.05, 0) is 37.9 Å². The third kappa shape index (κ3) is 2.06. The third-order valence-corrected chi connectivity index (χ3v) is 4.57. The number of carbonyl (C=O) groups excluding carboxylic acids is 1. The Morgan fingerprint density at radius 1 is 1.35 bits per heavy atom. The average molecular weight is 275 g/mol. The monoisotopic (exact) mass is 275 g/mol. The number of nitrogens with two attached hydrogens (primary N) is 1. The summed E-state index contributed by atoms with van der Waals surface area (Å²) in [5.41, 5.74) is 6.29. The third-order valence-electron chi connectivity index (χ3n) is 4.57. The summed E-state index contributed by atoms with van der Waals surface area (Å²) >= 11 is 0. The molecule has 0 spiro atoms. The van der Waals surface area contributed by atoms with Crippen LogP contribution in [-0.4, -0.2) is 35.4 Å². The molecule has 3 aliphatic rings. The van der Waals surface area contributed by atoms with Crippen LogP contribution in [0, 0.1) is 16.0 Å². The van der Waals surface area contributed by atoms with E-state index in [4.69, 9.17) is 5.73 Å². The zero-order valence-electron chi connectivity index (χ0n) is 11.1. The number of rotatable bonds is 3. The minimum Gasteiger partial charge on any atom is -0.366 e. The lowest BCUT2D eigenvalue weighted by atomic mass is 9.73. The Labute approximate surface area is 116 Å². The van der Waals surface area contributed by atoms with Crippen molar-refractivity contribution in [3.05, 3.63) is 39.4 Å². The molecule has 1 unspecified atom stereocenters. The van der Waals surface area contributed by atoms with Crippen LogP contribution in [0.3, 0.4) is 0 Å². The van der Waals surface area contributed by atoms with Crippen LogP contribution in [0.1, 0.15) is 34.7 Å². The van der Waals surface area contributed by atoms with Gasteiger partial charge in [0.15, 0.2) is 0 Å². The average Bonchev–Trinajstić information content (AvgIpc) is 2.47. The van der Waals surface area contributed by atoms with Crippen LogP contribution in [0.15, 0.2) is 18.2 Å². The lowest BCUT2D eigenvalue weighted by Gasteiger charge is -2.45. The number of nitro benzene ring substituents is 1. The molecule has 0 radical (unpaired) electrons. The first-order valence-electron chi connectivity index (χ1n) is 6.87. The summed E-state index contributed by atoms with van der Waals surface area (Å²) in [5.74, 6) is -0.124. The molecule has 106 valence electrons. The van der Waals surface area contributed by atoms with E-state index in [1.165, 1.54) is 12.1 Å². The highest BCUT2D eigenvalue weighted by molar-refractivity contribution is 5.95. The van der Waals surface area contributed by atoms with Gasteiger partial charge in [-0.25, -0.2) is 0 Å². The minimum atomic E-state index is -0.583. The Bertz CT molecular complexity index is 533. The van der Waals surface area contributed by atoms with Crippen LogP contribution in [0.25, 0.3) is 0 Å². The van der Waals surface area contributed by atoms with Gasteiger partial charge in [-0.1, -0.05) is 6.07 Å². The van der Waals surface area contributed by atoms with Crippen LogP contribution >= 0.6 is 0 Å². The summed E-state index contributed by atoms with van der Waals surface area (Å²) in [5, 5.41) is 11.3. The van der Waals surface area contributed by atoms with E-state index in [9.17, 15) is 14.9 Å². The number of benzene rings is 1. The van der Waals surface area contributed by atoms with E-state index in [0.717, 1.165) is 32.5 Å². The zero-order valence-corrected chi connectivity index (χ0v) is 11.1. The summed E-state index contributed by atoms with van der Waals surface area (Å²) in [7, 11) is 0. The number of amides is 1. The Balaban J connectivity index is 2.11. The summed E-state index contributed by atoms with van der Waals surface area (Å²) in [4.78, 5) is 24.8. The van der Waals surface area contributed by atoms with Crippen molar-refractivity contribution >= 4 is 11.6 Å². The van der Waals surface area contributed by atoms with E-state index in [1.54, 1.807) is 6.07 Å². The van der Waals surface area contributed by atoms with Gasteiger partial charge in [0.2, 0.25) is 5.91 Å². The van der Waals surface area contributed by atoms with E-state index in [0.29, 0.717) is 17.0 Å². The summed E-state index contributed by atoms with van der Waals surface area (Å²) in [6.07, 6.45) is 2.07. The molecule has 3 aliphatic heterocycles. The molecule has 0 aromatic heterocycles. The number of fused-ring (bicyclic) bond motifs is 3. The molecule has 1 aromatic rings. The molecule has 0 saturated carbocycles. The molecule has 1 amide bonds. The van der Waals surface area contributed by atoms with Crippen LogP contribution in [0.4, 0.5) is 5.69 Å². The Hall–Kier alpha value is -1.95. The number of piperidine rings is 3. The van der Waals surface area contributed by atoms with E-state index >= 15 is 0 Å².